The van der Waals surface area contributed by atoms with Crippen LogP contribution < -0.4 is 10.8 Å². The number of carboxylic acids is 1. The van der Waals surface area contributed by atoms with Gasteiger partial charge in [-0.15, -0.1) is 0 Å². The number of aromatic nitrogens is 2. The monoisotopic (exact) mass is 242 g/mol. The Kier molecular flexibility index (Phi) is 4.95. The highest BCUT2D eigenvalue weighted by Crippen LogP contribution is 1.95. The van der Waals surface area contributed by atoms with Crippen molar-refractivity contribution in [1.29, 1.82) is 0 Å². The van der Waals surface area contributed by atoms with Crippen molar-refractivity contribution in [3.63, 3.8) is 0 Å². The summed E-state index contributed by atoms with van der Waals surface area (Å²) in [6.45, 7) is -0.170. The summed E-state index contributed by atoms with van der Waals surface area (Å²) in [5, 5.41) is 14.7. The van der Waals surface area contributed by atoms with Crippen LogP contribution in [0.1, 0.15) is 5.69 Å². The number of urea groups is 1. The predicted octanol–water partition coefficient (Wildman–Crippen LogP) is -0.722. The molecule has 94 valence electrons. The number of carboxylic acid groups (broad SMARTS) is 1. The molecule has 3 N–H and O–H groups in total. The molecular weight excluding hydrogens is 228 g/mol. The van der Waals surface area contributed by atoms with Crippen molar-refractivity contribution in [1.82, 2.24) is 20.6 Å². The fourth-order valence-corrected chi connectivity index (χ4v) is 1.15. The topological polar surface area (TPSA) is 105 Å². The Labute approximate surface area is 97.5 Å². The lowest BCUT2D eigenvalue weighted by Crippen LogP contribution is -2.37. The van der Waals surface area contributed by atoms with Crippen LogP contribution >= 0.6 is 0 Å². The van der Waals surface area contributed by atoms with E-state index in [4.69, 9.17) is 5.11 Å². The number of nitrogens with one attached hydrogen (secondary N) is 2. The predicted molar refractivity (Wildman–Crippen MR) is 57.0 cm³/mol. The third-order valence-corrected chi connectivity index (χ3v) is 1.95. The van der Waals surface area contributed by atoms with Gasteiger partial charge in [-0.25, -0.2) is 15.1 Å². The number of nitrogens with zero attached hydrogens (tertiary/aromatic N) is 2. The zero-order valence-electron chi connectivity index (χ0n) is 9.34. The molecule has 0 saturated heterocycles. The molecule has 0 atom stereocenters. The summed E-state index contributed by atoms with van der Waals surface area (Å²) in [6.07, 6.45) is 2.30. The van der Waals surface area contributed by atoms with Gasteiger partial charge < -0.3 is 10.4 Å². The second kappa shape index (κ2) is 6.48. The van der Waals surface area contributed by atoms with Crippen LogP contribution in [-0.4, -0.2) is 40.0 Å². The van der Waals surface area contributed by atoms with Gasteiger partial charge in [-0.3, -0.25) is 9.52 Å². The van der Waals surface area contributed by atoms with E-state index in [1.165, 1.54) is 0 Å². The highest BCUT2D eigenvalue weighted by molar-refractivity contribution is 5.73. The second-order valence-corrected chi connectivity index (χ2v) is 3.24. The van der Waals surface area contributed by atoms with E-state index in [2.05, 4.69) is 15.3 Å². The third-order valence-electron chi connectivity index (χ3n) is 1.95. The first-order valence-corrected chi connectivity index (χ1v) is 4.94. The fourth-order valence-electron chi connectivity index (χ4n) is 1.15. The molecule has 0 radical (unpaired) electrons. The minimum absolute atomic E-state index is 0.405. The van der Waals surface area contributed by atoms with Gasteiger partial charge >= 0.3 is 12.0 Å². The molecule has 0 aliphatic carbocycles. The van der Waals surface area contributed by atoms with Gasteiger partial charge in [-0.1, -0.05) is 0 Å². The number of carbonyl (C=O) groups excluding carboxylic acids is 1. The van der Waals surface area contributed by atoms with Crippen LogP contribution in [0, 0.1) is 0 Å². The molecule has 2 amide bonds. The maximum absolute atomic E-state index is 11.1. The van der Waals surface area contributed by atoms with E-state index in [1.54, 1.807) is 10.9 Å². The van der Waals surface area contributed by atoms with Crippen LogP contribution in [0.2, 0.25) is 0 Å². The Balaban J connectivity index is 2.12. The summed E-state index contributed by atoms with van der Waals surface area (Å²) >= 11 is 0. The number of hydroxylamine groups is 1. The van der Waals surface area contributed by atoms with Gasteiger partial charge in [0.05, 0.1) is 0 Å². The van der Waals surface area contributed by atoms with Gasteiger partial charge in [0, 0.05) is 31.9 Å². The quantitative estimate of drug-likeness (QED) is 0.571. The van der Waals surface area contributed by atoms with E-state index in [1.807, 2.05) is 18.6 Å². The molecule has 0 aliphatic rings. The molecule has 1 aromatic rings. The van der Waals surface area contributed by atoms with E-state index < -0.39 is 18.6 Å². The number of rotatable bonds is 6. The van der Waals surface area contributed by atoms with E-state index in [-0.39, 0.29) is 0 Å². The molecule has 0 unspecified atom stereocenters. The first kappa shape index (κ1) is 13.0. The molecule has 8 nitrogen and oxygen atoms in total. The van der Waals surface area contributed by atoms with E-state index in [0.29, 0.717) is 13.0 Å². The van der Waals surface area contributed by atoms with E-state index in [0.717, 1.165) is 5.69 Å². The molecule has 0 bridgehead atoms. The number of aryl methyl sites for hydroxylation is 1. The summed E-state index contributed by atoms with van der Waals surface area (Å²) in [5.41, 5.74) is 2.94. The van der Waals surface area contributed by atoms with Gasteiger partial charge in [0.1, 0.15) is 0 Å². The largest absolute Gasteiger partial charge is 0.479 e. The number of hydrogen-bond donors (Lipinski definition) is 3. The van der Waals surface area contributed by atoms with Crippen LogP contribution in [0.3, 0.4) is 0 Å². The van der Waals surface area contributed by atoms with E-state index >= 15 is 0 Å². The number of hydrogen-bond acceptors (Lipinski definition) is 4. The SMILES string of the molecule is Cn1nccc1CCNC(=O)NOCC(=O)O. The average molecular weight is 242 g/mol. The summed E-state index contributed by atoms with van der Waals surface area (Å²) in [4.78, 5) is 25.5. The number of aliphatic carboxylic acids is 1. The summed E-state index contributed by atoms with van der Waals surface area (Å²) < 4.78 is 1.71. The molecule has 1 rings (SSSR count). The molecule has 0 spiro atoms. The highest BCUT2D eigenvalue weighted by atomic mass is 16.7. The lowest BCUT2D eigenvalue weighted by atomic mass is 10.3. The smallest absolute Gasteiger partial charge is 0.338 e. The third kappa shape index (κ3) is 4.98. The maximum Gasteiger partial charge on any atom is 0.338 e. The second-order valence-electron chi connectivity index (χ2n) is 3.24. The van der Waals surface area contributed by atoms with Gasteiger partial charge in [0.25, 0.3) is 0 Å². The lowest BCUT2D eigenvalue weighted by Gasteiger charge is -2.06. The summed E-state index contributed by atoms with van der Waals surface area (Å²) in [7, 11) is 1.81. The summed E-state index contributed by atoms with van der Waals surface area (Å²) in [6, 6.07) is 1.27. The molecule has 8 heteroatoms. The van der Waals surface area contributed by atoms with Gasteiger partial charge in [-0.2, -0.15) is 5.10 Å². The van der Waals surface area contributed by atoms with Crippen molar-refractivity contribution in [3.8, 4) is 0 Å². The van der Waals surface area contributed by atoms with Crippen LogP contribution in [0.15, 0.2) is 12.3 Å². The van der Waals surface area contributed by atoms with Crippen LogP contribution in [-0.2, 0) is 23.1 Å². The molecule has 0 aliphatic heterocycles. The molecular formula is C9H14N4O4. The normalized spacial score (nSPS) is 9.94. The van der Waals surface area contributed by atoms with Gasteiger partial charge in [0.2, 0.25) is 0 Å². The van der Waals surface area contributed by atoms with Crippen LogP contribution in [0.25, 0.3) is 0 Å². The molecule has 0 fully saturated rings. The lowest BCUT2D eigenvalue weighted by molar-refractivity contribution is -0.144. The zero-order valence-corrected chi connectivity index (χ0v) is 9.34. The van der Waals surface area contributed by atoms with Crippen molar-refractivity contribution in [2.24, 2.45) is 7.05 Å². The zero-order chi connectivity index (χ0) is 12.7. The summed E-state index contributed by atoms with van der Waals surface area (Å²) in [5.74, 6) is -1.15. The van der Waals surface area contributed by atoms with Crippen molar-refractivity contribution in [2.45, 2.75) is 6.42 Å². The van der Waals surface area contributed by atoms with Gasteiger partial charge in [0.15, 0.2) is 6.61 Å². The molecule has 0 saturated carbocycles. The Morgan fingerprint density at radius 3 is 2.94 bits per heavy atom. The van der Waals surface area contributed by atoms with E-state index in [9.17, 15) is 9.59 Å². The van der Waals surface area contributed by atoms with Crippen LogP contribution in [0.5, 0.6) is 0 Å². The maximum atomic E-state index is 11.1. The Hall–Kier alpha value is -2.09. The molecule has 0 aromatic carbocycles. The number of amides is 2. The molecule has 17 heavy (non-hydrogen) atoms. The van der Waals surface area contributed by atoms with Crippen molar-refractivity contribution < 1.29 is 19.5 Å². The van der Waals surface area contributed by atoms with Crippen molar-refractivity contribution in [3.05, 3.63) is 18.0 Å². The first-order valence-electron chi connectivity index (χ1n) is 4.94. The van der Waals surface area contributed by atoms with Crippen LogP contribution in [0.4, 0.5) is 4.79 Å². The Morgan fingerprint density at radius 1 is 1.59 bits per heavy atom. The Morgan fingerprint density at radius 2 is 2.35 bits per heavy atom. The number of carbonyl (C=O) groups is 2. The standard InChI is InChI=1S/C9H14N4O4/c1-13-7(3-5-11-13)2-4-10-9(16)12-17-6-8(14)15/h3,5H,2,4,6H2,1H3,(H,14,15)(H2,10,12,16). The average Bonchev–Trinajstić information content (AvgIpc) is 2.64. The minimum Gasteiger partial charge on any atom is -0.479 e. The first-order chi connectivity index (χ1) is 8.09. The van der Waals surface area contributed by atoms with Crippen molar-refractivity contribution in [2.75, 3.05) is 13.2 Å². The Bertz CT molecular complexity index is 390. The highest BCUT2D eigenvalue weighted by Gasteiger charge is 2.03. The fraction of sp³-hybridized carbons (Fsp3) is 0.444. The van der Waals surface area contributed by atoms with Crippen molar-refractivity contribution >= 4 is 12.0 Å². The van der Waals surface area contributed by atoms with Gasteiger partial charge in [-0.05, 0) is 6.07 Å². The molecule has 1 aromatic heterocycles. The molecule has 1 heterocycles. The minimum atomic E-state index is -1.15.